The molecule has 2 aromatic rings. The summed E-state index contributed by atoms with van der Waals surface area (Å²) in [5, 5.41) is 0.585. The number of carbonyl (C=O) groups excluding carboxylic acids is 3. The summed E-state index contributed by atoms with van der Waals surface area (Å²) >= 11 is 0. The van der Waals surface area contributed by atoms with E-state index in [0.717, 1.165) is 0 Å². The van der Waals surface area contributed by atoms with E-state index in [2.05, 4.69) is 0 Å². The molecular weight excluding hydrogens is 431 g/mol. The van der Waals surface area contributed by atoms with Gasteiger partial charge in [0, 0.05) is 12.0 Å². The molecule has 0 saturated carbocycles. The van der Waals surface area contributed by atoms with Crippen molar-refractivity contribution in [3.8, 4) is 0 Å². The molecule has 0 fully saturated rings. The Kier molecular flexibility index (Phi) is 7.09. The first-order chi connectivity index (χ1) is 15.3. The van der Waals surface area contributed by atoms with Crippen molar-refractivity contribution in [2.45, 2.75) is 32.3 Å². The summed E-state index contributed by atoms with van der Waals surface area (Å²) in [7, 11) is 0.359. The third-order valence-electron chi connectivity index (χ3n) is 5.82. The Hall–Kier alpha value is -3.05. The van der Waals surface area contributed by atoms with Gasteiger partial charge in [-0.05, 0) is 49.6 Å². The fourth-order valence-electron chi connectivity index (χ4n) is 4.26. The van der Waals surface area contributed by atoms with Crippen molar-refractivity contribution < 1.29 is 33.2 Å². The number of rotatable bonds is 6. The Morgan fingerprint density at radius 1 is 1.06 bits per heavy atom. The lowest BCUT2D eigenvalue weighted by molar-refractivity contribution is -0.170. The summed E-state index contributed by atoms with van der Waals surface area (Å²) in [5.41, 5.74) is -0.00656. The summed E-state index contributed by atoms with van der Waals surface area (Å²) in [5.74, 6) is -1.94. The molecule has 0 saturated heterocycles. The fraction of sp³-hybridized carbons (Fsp3) is 0.375. The van der Waals surface area contributed by atoms with E-state index in [4.69, 9.17) is 14.2 Å². The van der Waals surface area contributed by atoms with Crippen LogP contribution < -0.4 is 5.30 Å². The fourth-order valence-corrected chi connectivity index (χ4v) is 6.06. The van der Waals surface area contributed by atoms with Crippen LogP contribution >= 0.6 is 7.80 Å². The predicted octanol–water partition coefficient (Wildman–Crippen LogP) is 3.64. The van der Waals surface area contributed by atoms with E-state index < -0.39 is 36.8 Å². The van der Waals surface area contributed by atoms with Crippen LogP contribution in [-0.2, 0) is 34.8 Å². The smallest absolute Gasteiger partial charge is 0.384 e. The molecule has 168 valence electrons. The Balaban J connectivity index is 2.22. The number of benzene rings is 2. The molecule has 32 heavy (non-hydrogen) atoms. The molecule has 8 heteroatoms. The van der Waals surface area contributed by atoms with Gasteiger partial charge in [-0.3, -0.25) is 9.59 Å². The molecule has 0 amide bonds. The van der Waals surface area contributed by atoms with Gasteiger partial charge < -0.3 is 14.2 Å². The Morgan fingerprint density at radius 3 is 2.25 bits per heavy atom. The summed E-state index contributed by atoms with van der Waals surface area (Å²) in [4.78, 5) is 38.2. The number of esters is 3. The minimum absolute atomic E-state index is 0.0279. The van der Waals surface area contributed by atoms with Crippen LogP contribution in [0.2, 0.25) is 0 Å². The van der Waals surface area contributed by atoms with Crippen LogP contribution in [0.1, 0.15) is 46.1 Å². The maximum absolute atomic E-state index is 13.7. The minimum Gasteiger partial charge on any atom is -0.468 e. The third-order valence-corrected chi connectivity index (χ3v) is 7.65. The molecule has 0 heterocycles. The van der Waals surface area contributed by atoms with Crippen LogP contribution in [0, 0.1) is 12.3 Å². The van der Waals surface area contributed by atoms with Gasteiger partial charge in [0.15, 0.2) is 16.4 Å². The van der Waals surface area contributed by atoms with Crippen molar-refractivity contribution in [2.24, 2.45) is 5.41 Å². The molecule has 0 spiro atoms. The first kappa shape index (κ1) is 23.6. The van der Waals surface area contributed by atoms with Gasteiger partial charge in [0.25, 0.3) is 0 Å². The highest BCUT2D eigenvalue weighted by atomic mass is 31.1. The van der Waals surface area contributed by atoms with Crippen molar-refractivity contribution in [1.82, 2.24) is 0 Å². The van der Waals surface area contributed by atoms with Gasteiger partial charge in [0.1, 0.15) is 0 Å². The van der Waals surface area contributed by atoms with Crippen molar-refractivity contribution in [1.29, 1.82) is 0 Å². The molecule has 0 radical (unpaired) electrons. The summed E-state index contributed by atoms with van der Waals surface area (Å²) in [6, 6.07) is 12.3. The number of hydrogen-bond donors (Lipinski definition) is 0. The highest BCUT2D eigenvalue weighted by Gasteiger charge is 2.57. The first-order valence-electron chi connectivity index (χ1n) is 10.3. The van der Waals surface area contributed by atoms with Crippen molar-refractivity contribution in [2.75, 3.05) is 20.8 Å². The molecule has 7 nitrogen and oxygen atoms in total. The predicted molar refractivity (Wildman–Crippen MR) is 118 cm³/mol. The monoisotopic (exact) mass is 457 g/mol. The molecule has 2 aromatic carbocycles. The number of aryl methyl sites for hydroxylation is 1. The average Bonchev–Trinajstić information content (AvgIpc) is 2.81. The molecule has 0 aliphatic heterocycles. The maximum atomic E-state index is 13.7. The number of hydrogen-bond acceptors (Lipinski definition) is 7. The lowest BCUT2D eigenvalue weighted by Gasteiger charge is -2.34. The molecule has 1 aliphatic carbocycles. The van der Waals surface area contributed by atoms with E-state index in [1.165, 1.54) is 14.2 Å². The minimum atomic E-state index is -2.07. The van der Waals surface area contributed by atoms with Crippen LogP contribution in [0.5, 0.6) is 0 Å². The highest BCUT2D eigenvalue weighted by Crippen LogP contribution is 2.54. The average molecular weight is 457 g/mol. The molecular formula is C24H26O7P+. The van der Waals surface area contributed by atoms with Crippen LogP contribution in [0.3, 0.4) is 0 Å². The van der Waals surface area contributed by atoms with Crippen LogP contribution in [0.25, 0.3) is 0 Å². The zero-order valence-corrected chi connectivity index (χ0v) is 19.4. The number of carbonyl (C=O) groups is 3. The van der Waals surface area contributed by atoms with E-state index in [9.17, 15) is 18.9 Å². The standard InChI is InChI=1S/C24H26O7P/c1-5-31-21(25)18-12-19-16(11-15(18)2)13-24(22(26)29-3,23(27)30-4)14-20(19)32(28)17-9-7-6-8-10-17/h6-12,20H,5,13-14H2,1-4H3/q+1. The number of methoxy groups -OCH3 is 2. The number of fused-ring (bicyclic) bond motifs is 1. The van der Waals surface area contributed by atoms with Crippen LogP contribution in [0.4, 0.5) is 0 Å². The van der Waals surface area contributed by atoms with Gasteiger partial charge in [-0.1, -0.05) is 28.8 Å². The van der Waals surface area contributed by atoms with Gasteiger partial charge in [-0.15, -0.1) is 0 Å². The molecule has 0 aromatic heterocycles. The van der Waals surface area contributed by atoms with Gasteiger partial charge in [0.05, 0.1) is 26.4 Å². The Morgan fingerprint density at radius 2 is 1.69 bits per heavy atom. The molecule has 2 unspecified atom stereocenters. The maximum Gasteiger partial charge on any atom is 0.384 e. The second kappa shape index (κ2) is 9.61. The highest BCUT2D eigenvalue weighted by molar-refractivity contribution is 7.53. The normalized spacial score (nSPS) is 17.0. The van der Waals surface area contributed by atoms with Gasteiger partial charge in [-0.2, -0.15) is 0 Å². The molecule has 3 rings (SSSR count). The first-order valence-corrected chi connectivity index (χ1v) is 11.6. The summed E-state index contributed by atoms with van der Waals surface area (Å²) in [6.45, 7) is 3.71. The molecule has 0 bridgehead atoms. The summed E-state index contributed by atoms with van der Waals surface area (Å²) in [6.07, 6.45) is -0.0329. The van der Waals surface area contributed by atoms with E-state index >= 15 is 0 Å². The zero-order chi connectivity index (χ0) is 23.5. The van der Waals surface area contributed by atoms with E-state index in [1.807, 2.05) is 6.07 Å². The Bertz CT molecular complexity index is 1050. The second-order valence-electron chi connectivity index (χ2n) is 7.71. The Labute approximate surface area is 187 Å². The zero-order valence-electron chi connectivity index (χ0n) is 18.5. The van der Waals surface area contributed by atoms with E-state index in [1.54, 1.807) is 50.2 Å². The third kappa shape index (κ3) is 4.17. The molecule has 2 atom stereocenters. The van der Waals surface area contributed by atoms with Crippen LogP contribution in [0.15, 0.2) is 42.5 Å². The summed E-state index contributed by atoms with van der Waals surface area (Å²) < 4.78 is 28.8. The largest absolute Gasteiger partial charge is 0.468 e. The second-order valence-corrected chi connectivity index (χ2v) is 9.50. The van der Waals surface area contributed by atoms with E-state index in [-0.39, 0.29) is 19.4 Å². The van der Waals surface area contributed by atoms with Crippen molar-refractivity contribution >= 4 is 31.0 Å². The van der Waals surface area contributed by atoms with Gasteiger partial charge in [-0.25, -0.2) is 4.79 Å². The van der Waals surface area contributed by atoms with Crippen LogP contribution in [-0.4, -0.2) is 38.7 Å². The van der Waals surface area contributed by atoms with Gasteiger partial charge in [0.2, 0.25) is 0 Å². The topological polar surface area (TPSA) is 96.0 Å². The number of ether oxygens (including phenoxy) is 3. The van der Waals surface area contributed by atoms with Gasteiger partial charge >= 0.3 is 25.7 Å². The van der Waals surface area contributed by atoms with Crippen molar-refractivity contribution in [3.63, 3.8) is 0 Å². The molecule has 1 aliphatic rings. The molecule has 0 N–H and O–H groups in total. The van der Waals surface area contributed by atoms with Crippen molar-refractivity contribution in [3.05, 3.63) is 64.7 Å². The van der Waals surface area contributed by atoms with E-state index in [0.29, 0.717) is 27.6 Å². The lowest BCUT2D eigenvalue weighted by atomic mass is 9.70. The quantitative estimate of drug-likeness (QED) is 0.283. The SMILES string of the molecule is CCOC(=O)c1cc2c(cc1C)CC(C(=O)OC)(C(=O)OC)CC2[P+](=O)c1ccccc1. The lowest BCUT2D eigenvalue weighted by Crippen LogP contribution is -2.46.